The molecular formula is C20H15N5O3S. The van der Waals surface area contributed by atoms with Crippen molar-refractivity contribution < 1.29 is 9.72 Å². The molecule has 0 unspecified atom stereocenters. The van der Waals surface area contributed by atoms with Crippen LogP contribution in [-0.2, 0) is 0 Å². The molecule has 0 aliphatic carbocycles. The van der Waals surface area contributed by atoms with E-state index in [0.29, 0.717) is 21.9 Å². The SMILES string of the molecule is Cc1csc(C(=O)Nc2ccc(-c3cn(-c4cccc([N+](=O)[O-])c4)nn3)cc2)c1. The summed E-state index contributed by atoms with van der Waals surface area (Å²) in [6.45, 7) is 1.95. The lowest BCUT2D eigenvalue weighted by molar-refractivity contribution is -0.384. The number of nitrogens with zero attached hydrogens (tertiary/aromatic N) is 4. The first kappa shape index (κ1) is 18.5. The van der Waals surface area contributed by atoms with Crippen LogP contribution < -0.4 is 5.32 Å². The first-order chi connectivity index (χ1) is 14.0. The summed E-state index contributed by atoms with van der Waals surface area (Å²) in [6, 6.07) is 15.3. The third-order valence-corrected chi connectivity index (χ3v) is 5.24. The van der Waals surface area contributed by atoms with Crippen LogP contribution in [0.2, 0.25) is 0 Å². The van der Waals surface area contributed by atoms with Gasteiger partial charge >= 0.3 is 0 Å². The second-order valence-corrected chi connectivity index (χ2v) is 7.26. The first-order valence-corrected chi connectivity index (χ1v) is 9.52. The molecule has 144 valence electrons. The molecule has 0 aliphatic rings. The number of carbonyl (C=O) groups is 1. The predicted molar refractivity (Wildman–Crippen MR) is 110 cm³/mol. The van der Waals surface area contributed by atoms with Crippen molar-refractivity contribution in [2.45, 2.75) is 6.92 Å². The van der Waals surface area contributed by atoms with E-state index >= 15 is 0 Å². The molecule has 0 atom stereocenters. The molecule has 0 fully saturated rings. The van der Waals surface area contributed by atoms with Crippen molar-refractivity contribution in [3.63, 3.8) is 0 Å². The maximum Gasteiger partial charge on any atom is 0.271 e. The number of aryl methyl sites for hydroxylation is 1. The summed E-state index contributed by atoms with van der Waals surface area (Å²) in [4.78, 5) is 23.4. The van der Waals surface area contributed by atoms with Crippen molar-refractivity contribution in [3.8, 4) is 16.9 Å². The molecule has 0 saturated heterocycles. The van der Waals surface area contributed by atoms with Gasteiger partial charge in [-0.05, 0) is 42.1 Å². The van der Waals surface area contributed by atoms with E-state index in [1.165, 1.54) is 28.2 Å². The number of nitro groups is 1. The minimum absolute atomic E-state index is 0.0134. The van der Waals surface area contributed by atoms with Crippen LogP contribution in [0.3, 0.4) is 0 Å². The summed E-state index contributed by atoms with van der Waals surface area (Å²) in [5.41, 5.74) is 3.70. The van der Waals surface area contributed by atoms with Crippen molar-refractivity contribution >= 4 is 28.6 Å². The Morgan fingerprint density at radius 1 is 1.17 bits per heavy atom. The summed E-state index contributed by atoms with van der Waals surface area (Å²) in [7, 11) is 0. The fourth-order valence-corrected chi connectivity index (χ4v) is 3.53. The Bertz CT molecular complexity index is 1200. The number of rotatable bonds is 5. The van der Waals surface area contributed by atoms with Gasteiger partial charge in [-0.2, -0.15) is 0 Å². The number of benzene rings is 2. The lowest BCUT2D eigenvalue weighted by Gasteiger charge is -2.04. The second kappa shape index (κ2) is 7.64. The van der Waals surface area contributed by atoms with Gasteiger partial charge in [-0.1, -0.05) is 23.4 Å². The molecule has 0 spiro atoms. The van der Waals surface area contributed by atoms with Gasteiger partial charge < -0.3 is 5.32 Å². The number of carbonyl (C=O) groups excluding carboxylic acids is 1. The van der Waals surface area contributed by atoms with Crippen LogP contribution in [-0.4, -0.2) is 25.8 Å². The highest BCUT2D eigenvalue weighted by molar-refractivity contribution is 7.12. The molecule has 0 saturated carbocycles. The molecule has 1 amide bonds. The monoisotopic (exact) mass is 405 g/mol. The normalized spacial score (nSPS) is 10.7. The van der Waals surface area contributed by atoms with Crippen molar-refractivity contribution in [2.24, 2.45) is 0 Å². The van der Waals surface area contributed by atoms with E-state index in [1.54, 1.807) is 30.5 Å². The van der Waals surface area contributed by atoms with Gasteiger partial charge in [0.05, 0.1) is 21.7 Å². The van der Waals surface area contributed by atoms with Crippen molar-refractivity contribution in [2.75, 3.05) is 5.32 Å². The number of hydrogen-bond donors (Lipinski definition) is 1. The zero-order chi connectivity index (χ0) is 20.4. The maximum atomic E-state index is 12.2. The number of anilines is 1. The molecule has 0 bridgehead atoms. The lowest BCUT2D eigenvalue weighted by atomic mass is 10.1. The molecule has 29 heavy (non-hydrogen) atoms. The minimum atomic E-state index is -0.453. The Morgan fingerprint density at radius 3 is 2.66 bits per heavy atom. The predicted octanol–water partition coefficient (Wildman–Crippen LogP) is 4.46. The van der Waals surface area contributed by atoms with Crippen molar-refractivity contribution in [1.29, 1.82) is 0 Å². The lowest BCUT2D eigenvalue weighted by Crippen LogP contribution is -2.09. The fourth-order valence-electron chi connectivity index (χ4n) is 2.74. The molecule has 4 rings (SSSR count). The van der Waals surface area contributed by atoms with E-state index in [9.17, 15) is 14.9 Å². The third-order valence-electron chi connectivity index (χ3n) is 4.19. The van der Waals surface area contributed by atoms with Gasteiger partial charge in [-0.15, -0.1) is 16.4 Å². The summed E-state index contributed by atoms with van der Waals surface area (Å²) in [6.07, 6.45) is 1.70. The number of hydrogen-bond acceptors (Lipinski definition) is 6. The van der Waals surface area contributed by atoms with E-state index in [1.807, 2.05) is 30.5 Å². The van der Waals surface area contributed by atoms with Crippen molar-refractivity contribution in [1.82, 2.24) is 15.0 Å². The number of aromatic nitrogens is 3. The van der Waals surface area contributed by atoms with E-state index in [0.717, 1.165) is 11.1 Å². The highest BCUT2D eigenvalue weighted by atomic mass is 32.1. The molecule has 0 radical (unpaired) electrons. The molecule has 2 heterocycles. The average molecular weight is 405 g/mol. The highest BCUT2D eigenvalue weighted by Crippen LogP contribution is 2.22. The number of amides is 1. The van der Waals surface area contributed by atoms with Crippen LogP contribution in [0.1, 0.15) is 15.2 Å². The highest BCUT2D eigenvalue weighted by Gasteiger charge is 2.11. The molecular weight excluding hydrogens is 390 g/mol. The Kier molecular flexibility index (Phi) is 4.88. The Balaban J connectivity index is 1.50. The van der Waals surface area contributed by atoms with Gasteiger partial charge in [0.1, 0.15) is 5.69 Å². The van der Waals surface area contributed by atoms with Gasteiger partial charge in [0.2, 0.25) is 0 Å². The van der Waals surface area contributed by atoms with E-state index in [4.69, 9.17) is 0 Å². The number of nitro benzene ring substituents is 1. The van der Waals surface area contributed by atoms with Crippen LogP contribution in [0.15, 0.2) is 66.2 Å². The molecule has 0 aliphatic heterocycles. The fraction of sp³-hybridized carbons (Fsp3) is 0.0500. The third kappa shape index (κ3) is 4.04. The Labute approximate surface area is 169 Å². The van der Waals surface area contributed by atoms with Gasteiger partial charge in [0.15, 0.2) is 0 Å². The minimum Gasteiger partial charge on any atom is -0.321 e. The topological polar surface area (TPSA) is 103 Å². The number of non-ortho nitro benzene ring substituents is 1. The number of nitrogens with one attached hydrogen (secondary N) is 1. The van der Waals surface area contributed by atoms with Gasteiger partial charge in [0, 0.05) is 23.4 Å². The zero-order valence-corrected chi connectivity index (χ0v) is 16.1. The number of thiophene rings is 1. The van der Waals surface area contributed by atoms with Crippen LogP contribution in [0.25, 0.3) is 16.9 Å². The van der Waals surface area contributed by atoms with E-state index in [-0.39, 0.29) is 11.6 Å². The standard InChI is InChI=1S/C20H15N5O3S/c1-13-9-19(29-12-13)20(26)21-15-7-5-14(6-8-15)18-11-24(23-22-18)16-3-2-4-17(10-16)25(27)28/h2-12H,1H3,(H,21,26). The second-order valence-electron chi connectivity index (χ2n) is 6.35. The van der Waals surface area contributed by atoms with Crippen LogP contribution in [0.5, 0.6) is 0 Å². The zero-order valence-electron chi connectivity index (χ0n) is 15.3. The Hall–Kier alpha value is -3.85. The van der Waals surface area contributed by atoms with Gasteiger partial charge in [-0.3, -0.25) is 14.9 Å². The van der Waals surface area contributed by atoms with Crippen LogP contribution >= 0.6 is 11.3 Å². The van der Waals surface area contributed by atoms with E-state index in [2.05, 4.69) is 15.6 Å². The average Bonchev–Trinajstić information content (AvgIpc) is 3.38. The maximum absolute atomic E-state index is 12.2. The van der Waals surface area contributed by atoms with Gasteiger partial charge in [-0.25, -0.2) is 4.68 Å². The quantitative estimate of drug-likeness (QED) is 0.390. The summed E-state index contributed by atoms with van der Waals surface area (Å²) in [5.74, 6) is -0.146. The summed E-state index contributed by atoms with van der Waals surface area (Å²) in [5, 5.41) is 23.9. The van der Waals surface area contributed by atoms with Crippen LogP contribution in [0.4, 0.5) is 11.4 Å². The first-order valence-electron chi connectivity index (χ1n) is 8.64. The molecule has 8 nitrogen and oxygen atoms in total. The van der Waals surface area contributed by atoms with Gasteiger partial charge in [0.25, 0.3) is 11.6 Å². The summed E-state index contributed by atoms with van der Waals surface area (Å²) < 4.78 is 1.48. The Morgan fingerprint density at radius 2 is 1.97 bits per heavy atom. The van der Waals surface area contributed by atoms with E-state index < -0.39 is 4.92 Å². The smallest absolute Gasteiger partial charge is 0.271 e. The molecule has 9 heteroatoms. The molecule has 2 aromatic heterocycles. The molecule has 4 aromatic rings. The van der Waals surface area contributed by atoms with Crippen molar-refractivity contribution in [3.05, 3.63) is 86.7 Å². The molecule has 1 N–H and O–H groups in total. The summed E-state index contributed by atoms with van der Waals surface area (Å²) >= 11 is 1.41. The molecule has 2 aromatic carbocycles. The largest absolute Gasteiger partial charge is 0.321 e. The van der Waals surface area contributed by atoms with Crippen LogP contribution in [0, 0.1) is 17.0 Å².